The molecule has 1 aromatic heterocycles. The van der Waals surface area contributed by atoms with Gasteiger partial charge in [0.25, 0.3) is 11.7 Å². The maximum Gasteiger partial charge on any atom is 0.295 e. The third-order valence-electron chi connectivity index (χ3n) is 4.74. The summed E-state index contributed by atoms with van der Waals surface area (Å²) in [6, 6.07) is 7.25. The van der Waals surface area contributed by atoms with Gasteiger partial charge in [-0.2, -0.15) is 0 Å². The molecule has 1 aliphatic rings. The molecule has 0 spiro atoms. The SMILES string of the molecule is COCCCN1C(=O)C(=O)/C(=C(\O)c2ccc(OC)c(Cl)c2)C1c1ccc(C)o1. The Hall–Kier alpha value is -2.77. The number of carbonyl (C=O) groups excluding carboxylic acids is 2. The van der Waals surface area contributed by atoms with Crippen LogP contribution in [0.1, 0.15) is 29.5 Å². The number of Topliss-reactive ketones (excluding diaryl/α,β-unsaturated/α-hetero) is 1. The van der Waals surface area contributed by atoms with Crippen molar-refractivity contribution < 1.29 is 28.6 Å². The molecule has 0 aliphatic carbocycles. The van der Waals surface area contributed by atoms with Crippen molar-refractivity contribution in [1.82, 2.24) is 4.90 Å². The molecule has 1 aromatic carbocycles. The molecule has 0 bridgehead atoms. The first-order chi connectivity index (χ1) is 13.9. The smallest absolute Gasteiger partial charge is 0.295 e. The molecule has 1 N–H and O–H groups in total. The number of aryl methyl sites for hydroxylation is 1. The Morgan fingerprint density at radius 3 is 2.59 bits per heavy atom. The van der Waals surface area contributed by atoms with E-state index >= 15 is 0 Å². The van der Waals surface area contributed by atoms with Crippen molar-refractivity contribution in [1.29, 1.82) is 0 Å². The van der Waals surface area contributed by atoms with Crippen LogP contribution in [-0.4, -0.2) is 49.1 Å². The number of aliphatic hydroxyl groups excluding tert-OH is 1. The minimum absolute atomic E-state index is 0.0389. The van der Waals surface area contributed by atoms with Crippen LogP contribution < -0.4 is 4.74 Å². The van der Waals surface area contributed by atoms with Gasteiger partial charge in [-0.25, -0.2) is 0 Å². The average molecular weight is 420 g/mol. The summed E-state index contributed by atoms with van der Waals surface area (Å²) in [5.74, 6) is -0.315. The Labute approximate surface area is 173 Å². The average Bonchev–Trinajstić information content (AvgIpc) is 3.23. The van der Waals surface area contributed by atoms with Gasteiger partial charge < -0.3 is 23.9 Å². The third kappa shape index (κ3) is 4.02. The van der Waals surface area contributed by atoms with Crippen LogP contribution in [0.2, 0.25) is 5.02 Å². The Kier molecular flexibility index (Phi) is 6.30. The molecule has 0 radical (unpaired) electrons. The van der Waals surface area contributed by atoms with Crippen molar-refractivity contribution in [2.24, 2.45) is 0 Å². The van der Waals surface area contributed by atoms with Crippen molar-refractivity contribution in [3.63, 3.8) is 0 Å². The maximum atomic E-state index is 12.8. The Bertz CT molecular complexity index is 964. The van der Waals surface area contributed by atoms with Crippen LogP contribution in [0.5, 0.6) is 5.75 Å². The molecule has 1 saturated heterocycles. The second kappa shape index (κ2) is 8.71. The molecule has 1 aliphatic heterocycles. The third-order valence-corrected chi connectivity index (χ3v) is 5.04. The van der Waals surface area contributed by atoms with Crippen molar-refractivity contribution >= 4 is 29.1 Å². The highest BCUT2D eigenvalue weighted by molar-refractivity contribution is 6.46. The fourth-order valence-corrected chi connectivity index (χ4v) is 3.61. The Balaban J connectivity index is 2.10. The molecule has 1 atom stereocenters. The van der Waals surface area contributed by atoms with Crippen LogP contribution in [0, 0.1) is 6.92 Å². The highest BCUT2D eigenvalue weighted by Gasteiger charge is 2.47. The summed E-state index contributed by atoms with van der Waals surface area (Å²) < 4.78 is 15.9. The van der Waals surface area contributed by atoms with E-state index in [2.05, 4.69) is 0 Å². The lowest BCUT2D eigenvalue weighted by molar-refractivity contribution is -0.140. The van der Waals surface area contributed by atoms with E-state index < -0.39 is 17.7 Å². The van der Waals surface area contributed by atoms with Gasteiger partial charge in [-0.1, -0.05) is 11.6 Å². The number of hydrogen-bond acceptors (Lipinski definition) is 6. The Morgan fingerprint density at radius 2 is 2.00 bits per heavy atom. The quantitative estimate of drug-likeness (QED) is 0.318. The predicted octanol–water partition coefficient (Wildman–Crippen LogP) is 3.71. The number of rotatable bonds is 7. The zero-order valence-corrected chi connectivity index (χ0v) is 17.2. The summed E-state index contributed by atoms with van der Waals surface area (Å²) in [5, 5.41) is 11.2. The van der Waals surface area contributed by atoms with Crippen molar-refractivity contribution in [2.75, 3.05) is 27.4 Å². The molecule has 7 nitrogen and oxygen atoms in total. The Morgan fingerprint density at radius 1 is 1.24 bits per heavy atom. The number of halogens is 1. The van der Waals surface area contributed by atoms with Gasteiger partial charge in [0, 0.05) is 25.8 Å². The first-order valence-corrected chi connectivity index (χ1v) is 9.44. The fraction of sp³-hybridized carbons (Fsp3) is 0.333. The number of ether oxygens (including phenoxy) is 2. The van der Waals surface area contributed by atoms with Crippen molar-refractivity contribution in [3.05, 3.63) is 58.0 Å². The molecule has 8 heteroatoms. The van der Waals surface area contributed by atoms with Gasteiger partial charge in [0.15, 0.2) is 0 Å². The van der Waals surface area contributed by atoms with Crippen LogP contribution >= 0.6 is 11.6 Å². The largest absolute Gasteiger partial charge is 0.507 e. The summed E-state index contributed by atoms with van der Waals surface area (Å²) in [6.07, 6.45) is 0.536. The lowest BCUT2D eigenvalue weighted by Crippen LogP contribution is -2.31. The lowest BCUT2D eigenvalue weighted by atomic mass is 9.99. The van der Waals surface area contributed by atoms with E-state index in [1.54, 1.807) is 38.3 Å². The molecular weight excluding hydrogens is 398 g/mol. The van der Waals surface area contributed by atoms with E-state index in [0.717, 1.165) is 0 Å². The van der Waals surface area contributed by atoms with Gasteiger partial charge in [-0.15, -0.1) is 0 Å². The number of nitrogens with zero attached hydrogens (tertiary/aromatic N) is 1. The van der Waals surface area contributed by atoms with E-state index in [4.69, 9.17) is 25.5 Å². The van der Waals surface area contributed by atoms with Crippen LogP contribution in [0.15, 0.2) is 40.3 Å². The number of aliphatic hydroxyl groups is 1. The number of carbonyl (C=O) groups is 2. The highest BCUT2D eigenvalue weighted by atomic mass is 35.5. The fourth-order valence-electron chi connectivity index (χ4n) is 3.36. The number of hydrogen-bond donors (Lipinski definition) is 1. The minimum atomic E-state index is -0.832. The zero-order chi connectivity index (χ0) is 21.1. The highest BCUT2D eigenvalue weighted by Crippen LogP contribution is 2.40. The standard InChI is InChI=1S/C21H22ClNO6/c1-12-5-7-16(29-12)18-17(20(25)21(26)23(18)9-4-10-27-2)19(24)13-6-8-15(28-3)14(22)11-13/h5-8,11,18,24H,4,9-10H2,1-3H3/b19-17-. The van der Waals surface area contributed by atoms with Crippen molar-refractivity contribution in [3.8, 4) is 5.75 Å². The maximum absolute atomic E-state index is 12.8. The van der Waals surface area contributed by atoms with E-state index in [1.807, 2.05) is 0 Å². The molecule has 1 amide bonds. The topological polar surface area (TPSA) is 89.2 Å². The van der Waals surface area contributed by atoms with Crippen LogP contribution in [-0.2, 0) is 14.3 Å². The number of likely N-dealkylation sites (tertiary alicyclic amines) is 1. The lowest BCUT2D eigenvalue weighted by Gasteiger charge is -2.23. The van der Waals surface area contributed by atoms with Gasteiger partial charge in [0.05, 0.1) is 17.7 Å². The summed E-state index contributed by atoms with van der Waals surface area (Å²) in [4.78, 5) is 26.9. The van der Waals surface area contributed by atoms with Gasteiger partial charge in [-0.3, -0.25) is 9.59 Å². The van der Waals surface area contributed by atoms with Gasteiger partial charge in [0.2, 0.25) is 0 Å². The summed E-state index contributed by atoms with van der Waals surface area (Å²) in [7, 11) is 3.04. The molecule has 2 heterocycles. The minimum Gasteiger partial charge on any atom is -0.507 e. The van der Waals surface area contributed by atoms with Crippen LogP contribution in [0.4, 0.5) is 0 Å². The monoisotopic (exact) mass is 419 g/mol. The summed E-state index contributed by atoms with van der Waals surface area (Å²) in [5.41, 5.74) is 0.266. The van der Waals surface area contributed by atoms with Crippen molar-refractivity contribution in [2.45, 2.75) is 19.4 Å². The van der Waals surface area contributed by atoms with E-state index in [1.165, 1.54) is 18.1 Å². The first kappa shape index (κ1) is 21.0. The van der Waals surface area contributed by atoms with Gasteiger partial charge >= 0.3 is 0 Å². The number of benzene rings is 1. The molecule has 29 heavy (non-hydrogen) atoms. The van der Waals surface area contributed by atoms with E-state index in [9.17, 15) is 14.7 Å². The second-order valence-electron chi connectivity index (χ2n) is 6.64. The number of ketones is 1. The zero-order valence-electron chi connectivity index (χ0n) is 16.4. The molecule has 3 rings (SSSR count). The number of methoxy groups -OCH3 is 2. The van der Waals surface area contributed by atoms with Crippen LogP contribution in [0.3, 0.4) is 0 Å². The van der Waals surface area contributed by atoms with Crippen LogP contribution in [0.25, 0.3) is 5.76 Å². The molecule has 2 aromatic rings. The van der Waals surface area contributed by atoms with Gasteiger partial charge in [0.1, 0.15) is 29.1 Å². The van der Waals surface area contributed by atoms with E-state index in [0.29, 0.717) is 35.9 Å². The first-order valence-electron chi connectivity index (χ1n) is 9.06. The molecule has 1 unspecified atom stereocenters. The van der Waals surface area contributed by atoms with E-state index in [-0.39, 0.29) is 22.9 Å². The predicted molar refractivity (Wildman–Crippen MR) is 107 cm³/mol. The molecule has 1 fully saturated rings. The number of furan rings is 1. The normalized spacial score (nSPS) is 18.5. The number of amides is 1. The molecular formula is C21H22ClNO6. The molecule has 154 valence electrons. The summed E-state index contributed by atoms with van der Waals surface area (Å²) in [6.45, 7) is 2.48. The summed E-state index contributed by atoms with van der Waals surface area (Å²) >= 11 is 6.16. The van der Waals surface area contributed by atoms with Gasteiger partial charge in [-0.05, 0) is 43.7 Å². The second-order valence-corrected chi connectivity index (χ2v) is 7.04. The molecule has 0 saturated carbocycles.